The SMILES string of the molecule is Cn1cc(NCc2cccc(F)c2)c(C(=O)O)n1. The highest BCUT2D eigenvalue weighted by atomic mass is 19.1. The molecule has 0 spiro atoms. The van der Waals surface area contributed by atoms with E-state index in [0.29, 0.717) is 12.2 Å². The van der Waals surface area contributed by atoms with Gasteiger partial charge in [-0.3, -0.25) is 4.68 Å². The molecular weight excluding hydrogens is 237 g/mol. The van der Waals surface area contributed by atoms with E-state index in [0.717, 1.165) is 5.56 Å². The number of carboxylic acids is 1. The third-order valence-corrected chi connectivity index (χ3v) is 2.40. The summed E-state index contributed by atoms with van der Waals surface area (Å²) < 4.78 is 14.4. The third-order valence-electron chi connectivity index (χ3n) is 2.40. The number of rotatable bonds is 4. The first-order valence-electron chi connectivity index (χ1n) is 5.31. The number of halogens is 1. The monoisotopic (exact) mass is 249 g/mol. The van der Waals surface area contributed by atoms with Gasteiger partial charge < -0.3 is 10.4 Å². The summed E-state index contributed by atoms with van der Waals surface area (Å²) in [7, 11) is 1.64. The molecule has 0 amide bonds. The molecule has 0 unspecified atom stereocenters. The number of aromatic carboxylic acids is 1. The van der Waals surface area contributed by atoms with Crippen molar-refractivity contribution >= 4 is 11.7 Å². The van der Waals surface area contributed by atoms with Crippen LogP contribution in [0.4, 0.5) is 10.1 Å². The van der Waals surface area contributed by atoms with Crippen molar-refractivity contribution in [1.82, 2.24) is 9.78 Å². The summed E-state index contributed by atoms with van der Waals surface area (Å²) >= 11 is 0. The lowest BCUT2D eigenvalue weighted by molar-refractivity contribution is 0.0690. The lowest BCUT2D eigenvalue weighted by Gasteiger charge is -2.04. The number of nitrogens with one attached hydrogen (secondary N) is 1. The molecule has 2 rings (SSSR count). The molecule has 1 aromatic heterocycles. The Hall–Kier alpha value is -2.37. The normalized spacial score (nSPS) is 10.3. The van der Waals surface area contributed by atoms with E-state index < -0.39 is 5.97 Å². The largest absolute Gasteiger partial charge is 0.476 e. The van der Waals surface area contributed by atoms with Gasteiger partial charge in [-0.2, -0.15) is 5.10 Å². The van der Waals surface area contributed by atoms with Crippen LogP contribution in [0.15, 0.2) is 30.5 Å². The molecule has 2 aromatic rings. The molecule has 0 aliphatic rings. The van der Waals surface area contributed by atoms with Crippen molar-refractivity contribution in [1.29, 1.82) is 0 Å². The summed E-state index contributed by atoms with van der Waals surface area (Å²) in [5.41, 5.74) is 1.10. The predicted molar refractivity (Wildman–Crippen MR) is 63.9 cm³/mol. The van der Waals surface area contributed by atoms with Gasteiger partial charge in [-0.05, 0) is 17.7 Å². The molecule has 1 heterocycles. The van der Waals surface area contributed by atoms with E-state index in [-0.39, 0.29) is 11.5 Å². The van der Waals surface area contributed by atoms with Gasteiger partial charge in [-0.25, -0.2) is 9.18 Å². The Morgan fingerprint density at radius 1 is 1.56 bits per heavy atom. The zero-order chi connectivity index (χ0) is 13.1. The van der Waals surface area contributed by atoms with Crippen LogP contribution in [-0.2, 0) is 13.6 Å². The Bertz CT molecular complexity index is 580. The van der Waals surface area contributed by atoms with Gasteiger partial charge in [0.1, 0.15) is 5.82 Å². The number of hydrogen-bond acceptors (Lipinski definition) is 3. The summed E-state index contributed by atoms with van der Waals surface area (Å²) in [5.74, 6) is -1.42. The molecule has 6 heteroatoms. The van der Waals surface area contributed by atoms with Gasteiger partial charge in [-0.1, -0.05) is 12.1 Å². The third kappa shape index (κ3) is 2.65. The van der Waals surface area contributed by atoms with E-state index >= 15 is 0 Å². The number of aryl methyl sites for hydroxylation is 1. The van der Waals surface area contributed by atoms with E-state index in [4.69, 9.17) is 5.11 Å². The second kappa shape index (κ2) is 4.87. The van der Waals surface area contributed by atoms with Gasteiger partial charge in [-0.15, -0.1) is 0 Å². The maximum absolute atomic E-state index is 13.0. The molecule has 0 aliphatic heterocycles. The minimum atomic E-state index is -1.10. The quantitative estimate of drug-likeness (QED) is 0.868. The number of benzene rings is 1. The number of aromatic nitrogens is 2. The lowest BCUT2D eigenvalue weighted by Crippen LogP contribution is -2.05. The Kier molecular flexibility index (Phi) is 3.27. The molecule has 94 valence electrons. The molecule has 5 nitrogen and oxygen atoms in total. The van der Waals surface area contributed by atoms with Crippen LogP contribution in [0.2, 0.25) is 0 Å². The molecule has 0 fully saturated rings. The van der Waals surface area contributed by atoms with Gasteiger partial charge in [0.2, 0.25) is 0 Å². The molecule has 1 aromatic carbocycles. The summed E-state index contributed by atoms with van der Waals surface area (Å²) in [6, 6.07) is 6.11. The van der Waals surface area contributed by atoms with Crippen LogP contribution in [0.5, 0.6) is 0 Å². The number of carboxylic acid groups (broad SMARTS) is 1. The average Bonchev–Trinajstić information content (AvgIpc) is 2.68. The fourth-order valence-electron chi connectivity index (χ4n) is 1.62. The average molecular weight is 249 g/mol. The number of carbonyl (C=O) groups is 1. The Balaban J connectivity index is 2.13. The lowest BCUT2D eigenvalue weighted by atomic mass is 10.2. The second-order valence-electron chi connectivity index (χ2n) is 3.85. The van der Waals surface area contributed by atoms with Crippen LogP contribution in [0.25, 0.3) is 0 Å². The van der Waals surface area contributed by atoms with Crippen molar-refractivity contribution in [3.8, 4) is 0 Å². The highest BCUT2D eigenvalue weighted by molar-refractivity contribution is 5.91. The zero-order valence-electron chi connectivity index (χ0n) is 9.72. The molecule has 0 bridgehead atoms. The smallest absolute Gasteiger partial charge is 0.358 e. The number of anilines is 1. The minimum Gasteiger partial charge on any atom is -0.476 e. The maximum Gasteiger partial charge on any atom is 0.358 e. The van der Waals surface area contributed by atoms with Crippen molar-refractivity contribution in [2.75, 3.05) is 5.32 Å². The van der Waals surface area contributed by atoms with Crippen molar-refractivity contribution in [2.45, 2.75) is 6.54 Å². The summed E-state index contributed by atoms with van der Waals surface area (Å²) in [5, 5.41) is 15.7. The summed E-state index contributed by atoms with van der Waals surface area (Å²) in [6.07, 6.45) is 1.57. The van der Waals surface area contributed by atoms with Crippen LogP contribution in [0.3, 0.4) is 0 Å². The van der Waals surface area contributed by atoms with Gasteiger partial charge in [0.15, 0.2) is 5.69 Å². The topological polar surface area (TPSA) is 67.2 Å². The van der Waals surface area contributed by atoms with Crippen LogP contribution in [0, 0.1) is 5.82 Å². The summed E-state index contributed by atoms with van der Waals surface area (Å²) in [6.45, 7) is 0.337. The van der Waals surface area contributed by atoms with E-state index in [2.05, 4.69) is 10.4 Å². The fraction of sp³-hybridized carbons (Fsp3) is 0.167. The Morgan fingerprint density at radius 3 is 3.00 bits per heavy atom. The highest BCUT2D eigenvalue weighted by Gasteiger charge is 2.14. The van der Waals surface area contributed by atoms with E-state index in [1.165, 1.54) is 16.8 Å². The van der Waals surface area contributed by atoms with E-state index in [1.54, 1.807) is 25.4 Å². The number of hydrogen-bond donors (Lipinski definition) is 2. The predicted octanol–water partition coefficient (Wildman–Crippen LogP) is 1.87. The van der Waals surface area contributed by atoms with Crippen molar-refractivity contribution in [2.24, 2.45) is 7.05 Å². The van der Waals surface area contributed by atoms with Crippen molar-refractivity contribution < 1.29 is 14.3 Å². The van der Waals surface area contributed by atoms with Crippen molar-refractivity contribution in [3.63, 3.8) is 0 Å². The maximum atomic E-state index is 13.0. The molecular formula is C12H12FN3O2. The van der Waals surface area contributed by atoms with Crippen LogP contribution in [-0.4, -0.2) is 20.9 Å². The van der Waals surface area contributed by atoms with Crippen molar-refractivity contribution in [3.05, 3.63) is 47.5 Å². The molecule has 0 aliphatic carbocycles. The van der Waals surface area contributed by atoms with E-state index in [1.807, 2.05) is 0 Å². The van der Waals surface area contributed by atoms with Gasteiger partial charge in [0.05, 0.1) is 5.69 Å². The molecule has 18 heavy (non-hydrogen) atoms. The Morgan fingerprint density at radius 2 is 2.33 bits per heavy atom. The minimum absolute atomic E-state index is 0.0473. The molecule has 2 N–H and O–H groups in total. The second-order valence-corrected chi connectivity index (χ2v) is 3.85. The number of nitrogens with zero attached hydrogens (tertiary/aromatic N) is 2. The first-order valence-corrected chi connectivity index (χ1v) is 5.31. The molecule has 0 saturated heterocycles. The highest BCUT2D eigenvalue weighted by Crippen LogP contribution is 2.14. The Labute approximate surface area is 103 Å². The van der Waals surface area contributed by atoms with Crippen LogP contribution in [0.1, 0.15) is 16.1 Å². The van der Waals surface area contributed by atoms with Crippen LogP contribution < -0.4 is 5.32 Å². The fourth-order valence-corrected chi connectivity index (χ4v) is 1.62. The molecule has 0 atom stereocenters. The van der Waals surface area contributed by atoms with Gasteiger partial charge in [0.25, 0.3) is 0 Å². The standard InChI is InChI=1S/C12H12FN3O2/c1-16-7-10(11(15-16)12(17)18)14-6-8-3-2-4-9(13)5-8/h2-5,7,14H,6H2,1H3,(H,17,18). The first-order chi connectivity index (χ1) is 8.56. The zero-order valence-corrected chi connectivity index (χ0v) is 9.72. The van der Waals surface area contributed by atoms with E-state index in [9.17, 15) is 9.18 Å². The van der Waals surface area contributed by atoms with Gasteiger partial charge in [0, 0.05) is 19.8 Å². The molecule has 0 radical (unpaired) electrons. The van der Waals surface area contributed by atoms with Crippen LogP contribution >= 0.6 is 0 Å². The summed E-state index contributed by atoms with van der Waals surface area (Å²) in [4.78, 5) is 10.9. The first kappa shape index (κ1) is 12.1. The van der Waals surface area contributed by atoms with Gasteiger partial charge >= 0.3 is 5.97 Å². The molecule has 0 saturated carbocycles.